The summed E-state index contributed by atoms with van der Waals surface area (Å²) < 4.78 is 12.9. The quantitative estimate of drug-likeness (QED) is 0.724. The molecule has 0 bridgehead atoms. The van der Waals surface area contributed by atoms with Crippen molar-refractivity contribution in [2.45, 2.75) is 6.42 Å². The van der Waals surface area contributed by atoms with E-state index in [-0.39, 0.29) is 18.2 Å². The van der Waals surface area contributed by atoms with Gasteiger partial charge in [0.05, 0.1) is 6.42 Å². The van der Waals surface area contributed by atoms with E-state index in [1.54, 1.807) is 24.3 Å². The van der Waals surface area contributed by atoms with Gasteiger partial charge in [-0.25, -0.2) is 4.39 Å². The second kappa shape index (κ2) is 8.07. The van der Waals surface area contributed by atoms with E-state index in [1.165, 1.54) is 24.3 Å². The van der Waals surface area contributed by atoms with Crippen LogP contribution in [0.5, 0.6) is 0 Å². The molecule has 0 fully saturated rings. The van der Waals surface area contributed by atoms with Crippen LogP contribution in [0, 0.1) is 5.82 Å². The lowest BCUT2D eigenvalue weighted by molar-refractivity contribution is -0.115. The van der Waals surface area contributed by atoms with E-state index in [9.17, 15) is 14.0 Å². The van der Waals surface area contributed by atoms with Crippen molar-refractivity contribution in [3.8, 4) is 0 Å². The smallest absolute Gasteiger partial charge is 0.255 e. The molecule has 0 aromatic heterocycles. The highest BCUT2D eigenvalue weighted by Crippen LogP contribution is 2.17. The molecule has 0 spiro atoms. The van der Waals surface area contributed by atoms with Gasteiger partial charge < -0.3 is 10.6 Å². The molecule has 0 aliphatic carbocycles. The number of carbonyl (C=O) groups is 2. The van der Waals surface area contributed by atoms with Crippen molar-refractivity contribution >= 4 is 23.2 Å². The first-order valence-corrected chi connectivity index (χ1v) is 8.11. The third-order valence-electron chi connectivity index (χ3n) is 3.72. The molecule has 0 radical (unpaired) electrons. The third kappa shape index (κ3) is 4.77. The molecule has 4 nitrogen and oxygen atoms in total. The maximum atomic E-state index is 12.9. The summed E-state index contributed by atoms with van der Waals surface area (Å²) in [6.07, 6.45) is 0.271. The molecule has 0 aliphatic rings. The fourth-order valence-corrected chi connectivity index (χ4v) is 2.47. The number of anilines is 2. The van der Waals surface area contributed by atoms with Crippen LogP contribution in [-0.4, -0.2) is 11.8 Å². The first-order valence-electron chi connectivity index (χ1n) is 8.11. The Bertz CT molecular complexity index is 909. The van der Waals surface area contributed by atoms with Crippen LogP contribution in [0.1, 0.15) is 15.9 Å². The fraction of sp³-hybridized carbons (Fsp3) is 0.0476. The van der Waals surface area contributed by atoms with Gasteiger partial charge in [-0.2, -0.15) is 0 Å². The maximum Gasteiger partial charge on any atom is 0.255 e. The molecule has 3 rings (SSSR count). The molecule has 3 aromatic rings. The topological polar surface area (TPSA) is 58.2 Å². The van der Waals surface area contributed by atoms with Gasteiger partial charge in [-0.3, -0.25) is 9.59 Å². The summed E-state index contributed by atoms with van der Waals surface area (Å²) in [6.45, 7) is 0. The highest BCUT2D eigenvalue weighted by atomic mass is 19.1. The molecule has 3 aromatic carbocycles. The Labute approximate surface area is 150 Å². The van der Waals surface area contributed by atoms with E-state index in [0.717, 1.165) is 5.56 Å². The first kappa shape index (κ1) is 17.4. The summed E-state index contributed by atoms with van der Waals surface area (Å²) in [5.74, 6) is -0.888. The summed E-state index contributed by atoms with van der Waals surface area (Å²) >= 11 is 0. The molecular formula is C21H17FN2O2. The molecule has 2 N–H and O–H groups in total. The Morgan fingerprint density at radius 3 is 2.12 bits per heavy atom. The monoisotopic (exact) mass is 348 g/mol. The summed E-state index contributed by atoms with van der Waals surface area (Å²) in [7, 11) is 0. The summed E-state index contributed by atoms with van der Waals surface area (Å²) in [4.78, 5) is 24.3. The predicted molar refractivity (Wildman–Crippen MR) is 99.6 cm³/mol. The van der Waals surface area contributed by atoms with Crippen molar-refractivity contribution < 1.29 is 14.0 Å². The Balaban J connectivity index is 1.63. The summed E-state index contributed by atoms with van der Waals surface area (Å²) in [5.41, 5.74) is 2.40. The lowest BCUT2D eigenvalue weighted by atomic mass is 10.1. The number of carbonyl (C=O) groups excluding carboxylic acids is 2. The van der Waals surface area contributed by atoms with Crippen LogP contribution >= 0.6 is 0 Å². The van der Waals surface area contributed by atoms with E-state index in [4.69, 9.17) is 0 Å². The predicted octanol–water partition coefficient (Wildman–Crippen LogP) is 4.26. The Hall–Kier alpha value is -3.47. The van der Waals surface area contributed by atoms with Gasteiger partial charge in [0.1, 0.15) is 5.82 Å². The lowest BCUT2D eigenvalue weighted by Crippen LogP contribution is -2.15. The van der Waals surface area contributed by atoms with Gasteiger partial charge in [-0.15, -0.1) is 0 Å². The minimum Gasteiger partial charge on any atom is -0.326 e. The zero-order valence-electron chi connectivity index (χ0n) is 13.9. The van der Waals surface area contributed by atoms with Crippen molar-refractivity contribution in [2.24, 2.45) is 0 Å². The number of rotatable bonds is 5. The van der Waals surface area contributed by atoms with Crippen LogP contribution in [0.2, 0.25) is 0 Å². The van der Waals surface area contributed by atoms with Crippen LogP contribution in [-0.2, 0) is 11.2 Å². The first-order chi connectivity index (χ1) is 12.6. The second-order valence-electron chi connectivity index (χ2n) is 5.75. The van der Waals surface area contributed by atoms with Crippen LogP contribution in [0.15, 0.2) is 78.9 Å². The van der Waals surface area contributed by atoms with Crippen molar-refractivity contribution in [1.82, 2.24) is 0 Å². The summed E-state index contributed by atoms with van der Waals surface area (Å²) in [6, 6.07) is 21.6. The van der Waals surface area contributed by atoms with Gasteiger partial charge in [0.2, 0.25) is 5.91 Å². The van der Waals surface area contributed by atoms with Gasteiger partial charge in [0, 0.05) is 16.9 Å². The van der Waals surface area contributed by atoms with Gasteiger partial charge in [-0.05, 0) is 48.0 Å². The van der Waals surface area contributed by atoms with E-state index in [0.29, 0.717) is 16.9 Å². The van der Waals surface area contributed by atoms with Gasteiger partial charge >= 0.3 is 0 Å². The normalized spacial score (nSPS) is 10.2. The van der Waals surface area contributed by atoms with E-state index >= 15 is 0 Å². The standard InChI is InChI=1S/C21H17FN2O2/c22-17-11-9-16(10-12-17)21(26)24-19-8-4-7-18(14-19)23-20(25)13-15-5-2-1-3-6-15/h1-12,14H,13H2,(H,23,25)(H,24,26). The van der Waals surface area contributed by atoms with Crippen LogP contribution < -0.4 is 10.6 Å². The number of nitrogens with one attached hydrogen (secondary N) is 2. The highest BCUT2D eigenvalue weighted by Gasteiger charge is 2.08. The molecule has 0 saturated carbocycles. The second-order valence-corrected chi connectivity index (χ2v) is 5.75. The molecule has 26 heavy (non-hydrogen) atoms. The van der Waals surface area contributed by atoms with Crippen molar-refractivity contribution in [3.63, 3.8) is 0 Å². The van der Waals surface area contributed by atoms with Gasteiger partial charge in [0.15, 0.2) is 0 Å². The fourth-order valence-electron chi connectivity index (χ4n) is 2.47. The number of hydrogen-bond acceptors (Lipinski definition) is 2. The van der Waals surface area contributed by atoms with Crippen molar-refractivity contribution in [3.05, 3.63) is 95.8 Å². The molecular weight excluding hydrogens is 331 g/mol. The zero-order valence-corrected chi connectivity index (χ0v) is 13.9. The average molecular weight is 348 g/mol. The van der Waals surface area contributed by atoms with Crippen molar-refractivity contribution in [1.29, 1.82) is 0 Å². The molecule has 5 heteroatoms. The molecule has 0 saturated heterocycles. The third-order valence-corrected chi connectivity index (χ3v) is 3.72. The van der Waals surface area contributed by atoms with E-state index < -0.39 is 5.82 Å². The van der Waals surface area contributed by atoms with Crippen LogP contribution in [0.25, 0.3) is 0 Å². The van der Waals surface area contributed by atoms with Gasteiger partial charge in [0.25, 0.3) is 5.91 Å². The minimum absolute atomic E-state index is 0.141. The average Bonchev–Trinajstić information content (AvgIpc) is 2.63. The largest absolute Gasteiger partial charge is 0.326 e. The Morgan fingerprint density at radius 2 is 1.42 bits per heavy atom. The number of benzene rings is 3. The van der Waals surface area contributed by atoms with E-state index in [1.807, 2.05) is 30.3 Å². The maximum absolute atomic E-state index is 12.9. The SMILES string of the molecule is O=C(Cc1ccccc1)Nc1cccc(NC(=O)c2ccc(F)cc2)c1. The van der Waals surface area contributed by atoms with Crippen molar-refractivity contribution in [2.75, 3.05) is 10.6 Å². The molecule has 0 aliphatic heterocycles. The Morgan fingerprint density at radius 1 is 0.769 bits per heavy atom. The zero-order chi connectivity index (χ0) is 18.4. The lowest BCUT2D eigenvalue weighted by Gasteiger charge is -2.09. The molecule has 0 unspecified atom stereocenters. The summed E-state index contributed by atoms with van der Waals surface area (Å²) in [5, 5.41) is 5.54. The number of hydrogen-bond donors (Lipinski definition) is 2. The molecule has 130 valence electrons. The highest BCUT2D eigenvalue weighted by molar-refractivity contribution is 6.04. The van der Waals surface area contributed by atoms with Crippen LogP contribution in [0.3, 0.4) is 0 Å². The van der Waals surface area contributed by atoms with Crippen LogP contribution in [0.4, 0.5) is 15.8 Å². The molecule has 0 atom stereocenters. The van der Waals surface area contributed by atoms with E-state index in [2.05, 4.69) is 10.6 Å². The number of amides is 2. The van der Waals surface area contributed by atoms with Gasteiger partial charge in [-0.1, -0.05) is 36.4 Å². The number of halogens is 1. The molecule has 2 amide bonds. The minimum atomic E-state index is -0.398. The Kier molecular flexibility index (Phi) is 5.39. The molecule has 0 heterocycles.